The second-order valence-electron chi connectivity index (χ2n) is 7.88. The third kappa shape index (κ3) is 7.59. The number of hydrogen-bond donors (Lipinski definition) is 3. The fourth-order valence-corrected chi connectivity index (χ4v) is 3.48. The van der Waals surface area contributed by atoms with E-state index < -0.39 is 6.04 Å². The molecule has 2 atom stereocenters. The Kier molecular flexibility index (Phi) is 8.58. The molecular weight excluding hydrogens is 340 g/mol. The maximum absolute atomic E-state index is 12.5. The molecule has 2 rings (SSSR count). The van der Waals surface area contributed by atoms with Crippen LogP contribution in [0.4, 0.5) is 10.5 Å². The van der Waals surface area contributed by atoms with Gasteiger partial charge in [0, 0.05) is 18.8 Å². The maximum Gasteiger partial charge on any atom is 0.319 e. The molecule has 1 heterocycles. The summed E-state index contributed by atoms with van der Waals surface area (Å²) in [6, 6.07) is 8.30. The molecule has 0 aromatic heterocycles. The zero-order valence-electron chi connectivity index (χ0n) is 16.8. The molecule has 3 N–H and O–H groups in total. The Labute approximate surface area is 163 Å². The summed E-state index contributed by atoms with van der Waals surface area (Å²) in [6.45, 7) is 10.1. The van der Waals surface area contributed by atoms with Crippen molar-refractivity contribution in [2.75, 3.05) is 31.5 Å². The van der Waals surface area contributed by atoms with Crippen LogP contribution in [0.1, 0.15) is 40.0 Å². The maximum atomic E-state index is 12.5. The highest BCUT2D eigenvalue weighted by Gasteiger charge is 2.24. The highest BCUT2D eigenvalue weighted by atomic mass is 16.2. The van der Waals surface area contributed by atoms with Crippen LogP contribution < -0.4 is 16.0 Å². The van der Waals surface area contributed by atoms with Crippen LogP contribution in [0.5, 0.6) is 0 Å². The fraction of sp³-hybridized carbons (Fsp3) is 0.619. The summed E-state index contributed by atoms with van der Waals surface area (Å²) in [5, 5.41) is 8.52. The van der Waals surface area contributed by atoms with Crippen molar-refractivity contribution in [2.24, 2.45) is 11.8 Å². The van der Waals surface area contributed by atoms with Gasteiger partial charge in [-0.25, -0.2) is 4.79 Å². The highest BCUT2D eigenvalue weighted by molar-refractivity contribution is 5.93. The van der Waals surface area contributed by atoms with Gasteiger partial charge in [-0.2, -0.15) is 0 Å². The number of anilines is 1. The van der Waals surface area contributed by atoms with Crippen LogP contribution in [0.15, 0.2) is 30.3 Å². The lowest BCUT2D eigenvalue weighted by Crippen LogP contribution is -2.51. The summed E-state index contributed by atoms with van der Waals surface area (Å²) in [6.07, 6.45) is 3.52. The Morgan fingerprint density at radius 1 is 1.22 bits per heavy atom. The Bertz CT molecular complexity index is 591. The van der Waals surface area contributed by atoms with Crippen molar-refractivity contribution in [3.8, 4) is 0 Å². The molecule has 6 nitrogen and oxygen atoms in total. The fourth-order valence-electron chi connectivity index (χ4n) is 3.48. The number of benzene rings is 1. The van der Waals surface area contributed by atoms with Crippen LogP contribution in [0.25, 0.3) is 0 Å². The summed E-state index contributed by atoms with van der Waals surface area (Å²) in [4.78, 5) is 27.2. The van der Waals surface area contributed by atoms with E-state index in [0.717, 1.165) is 32.0 Å². The van der Waals surface area contributed by atoms with E-state index in [0.29, 0.717) is 12.2 Å². The lowest BCUT2D eigenvalue weighted by Gasteiger charge is -2.30. The van der Waals surface area contributed by atoms with E-state index in [1.165, 1.54) is 12.8 Å². The number of likely N-dealkylation sites (tertiary alicyclic amines) is 1. The third-order valence-corrected chi connectivity index (χ3v) is 4.96. The molecule has 6 heteroatoms. The van der Waals surface area contributed by atoms with Crippen LogP contribution in [0.3, 0.4) is 0 Å². The molecule has 1 aliphatic heterocycles. The minimum absolute atomic E-state index is 0.00877. The molecule has 1 aromatic carbocycles. The zero-order chi connectivity index (χ0) is 19.6. The SMILES string of the molecule is CC1CCCN(CCCNC(=O)C(NC(=O)Nc2ccccc2)C(C)C)C1. The molecule has 0 radical (unpaired) electrons. The second kappa shape index (κ2) is 10.9. The number of rotatable bonds is 8. The number of urea groups is 1. The highest BCUT2D eigenvalue weighted by Crippen LogP contribution is 2.15. The summed E-state index contributed by atoms with van der Waals surface area (Å²) in [7, 11) is 0. The van der Waals surface area contributed by atoms with Gasteiger partial charge in [0.25, 0.3) is 0 Å². The van der Waals surface area contributed by atoms with Gasteiger partial charge in [0.05, 0.1) is 0 Å². The summed E-state index contributed by atoms with van der Waals surface area (Å²) in [5.41, 5.74) is 0.702. The lowest BCUT2D eigenvalue weighted by molar-refractivity contribution is -0.123. The number of piperidine rings is 1. The molecule has 0 spiro atoms. The van der Waals surface area contributed by atoms with E-state index in [-0.39, 0.29) is 17.9 Å². The van der Waals surface area contributed by atoms with E-state index >= 15 is 0 Å². The Morgan fingerprint density at radius 3 is 2.63 bits per heavy atom. The molecule has 1 fully saturated rings. The van der Waals surface area contributed by atoms with E-state index in [2.05, 4.69) is 27.8 Å². The monoisotopic (exact) mass is 374 g/mol. The molecule has 2 unspecified atom stereocenters. The number of nitrogens with zero attached hydrogens (tertiary/aromatic N) is 1. The molecule has 1 saturated heterocycles. The van der Waals surface area contributed by atoms with Crippen molar-refractivity contribution < 1.29 is 9.59 Å². The van der Waals surface area contributed by atoms with Crippen LogP contribution in [-0.4, -0.2) is 49.1 Å². The van der Waals surface area contributed by atoms with E-state index in [4.69, 9.17) is 0 Å². The molecule has 3 amide bonds. The number of carbonyl (C=O) groups is 2. The molecule has 27 heavy (non-hydrogen) atoms. The van der Waals surface area contributed by atoms with E-state index in [1.54, 1.807) is 0 Å². The average Bonchev–Trinajstić information content (AvgIpc) is 2.64. The lowest BCUT2D eigenvalue weighted by atomic mass is 10.0. The van der Waals surface area contributed by atoms with Crippen molar-refractivity contribution in [2.45, 2.75) is 46.1 Å². The largest absolute Gasteiger partial charge is 0.354 e. The molecule has 1 aromatic rings. The normalized spacial score (nSPS) is 18.7. The van der Waals surface area contributed by atoms with Gasteiger partial charge >= 0.3 is 6.03 Å². The smallest absolute Gasteiger partial charge is 0.319 e. The number of nitrogens with one attached hydrogen (secondary N) is 3. The van der Waals surface area contributed by atoms with Crippen molar-refractivity contribution >= 4 is 17.6 Å². The van der Waals surface area contributed by atoms with E-state index in [1.807, 2.05) is 44.2 Å². The molecule has 0 bridgehead atoms. The third-order valence-electron chi connectivity index (χ3n) is 4.96. The van der Waals surface area contributed by atoms with Gasteiger partial charge < -0.3 is 20.9 Å². The minimum atomic E-state index is -0.552. The quantitative estimate of drug-likeness (QED) is 0.612. The van der Waals surface area contributed by atoms with Crippen LogP contribution in [0.2, 0.25) is 0 Å². The number of amides is 3. The second-order valence-corrected chi connectivity index (χ2v) is 7.88. The first-order valence-electron chi connectivity index (χ1n) is 10.1. The van der Waals surface area contributed by atoms with E-state index in [9.17, 15) is 9.59 Å². The Hall–Kier alpha value is -2.08. The molecular formula is C21H34N4O2. The van der Waals surface area contributed by atoms with Gasteiger partial charge in [0.2, 0.25) is 5.91 Å². The van der Waals surface area contributed by atoms with Crippen molar-refractivity contribution in [1.82, 2.24) is 15.5 Å². The average molecular weight is 375 g/mol. The predicted octanol–water partition coefficient (Wildman–Crippen LogP) is 3.07. The number of hydrogen-bond acceptors (Lipinski definition) is 3. The van der Waals surface area contributed by atoms with Gasteiger partial charge in [0.15, 0.2) is 0 Å². The standard InChI is InChI=1S/C21H34N4O2/c1-16(2)19(24-21(27)23-18-10-5-4-6-11-18)20(26)22-12-8-14-25-13-7-9-17(3)15-25/h4-6,10-11,16-17,19H,7-9,12-15H2,1-3H3,(H,22,26)(H2,23,24,27). The first-order valence-corrected chi connectivity index (χ1v) is 10.1. The molecule has 0 saturated carbocycles. The minimum Gasteiger partial charge on any atom is -0.354 e. The van der Waals surface area contributed by atoms with Crippen LogP contribution in [0, 0.1) is 11.8 Å². The zero-order valence-corrected chi connectivity index (χ0v) is 16.8. The molecule has 150 valence electrons. The van der Waals surface area contributed by atoms with Crippen molar-refractivity contribution in [3.63, 3.8) is 0 Å². The van der Waals surface area contributed by atoms with Crippen LogP contribution >= 0.6 is 0 Å². The predicted molar refractivity (Wildman–Crippen MR) is 110 cm³/mol. The summed E-state index contributed by atoms with van der Waals surface area (Å²) < 4.78 is 0. The summed E-state index contributed by atoms with van der Waals surface area (Å²) in [5.74, 6) is 0.653. The molecule has 0 aliphatic carbocycles. The van der Waals surface area contributed by atoms with Gasteiger partial charge in [-0.3, -0.25) is 4.79 Å². The Morgan fingerprint density at radius 2 is 1.96 bits per heavy atom. The van der Waals surface area contributed by atoms with Gasteiger partial charge in [-0.1, -0.05) is 39.0 Å². The number of para-hydroxylation sites is 1. The number of carbonyl (C=O) groups excluding carboxylic acids is 2. The molecule has 1 aliphatic rings. The van der Waals surface area contributed by atoms with Gasteiger partial charge in [0.1, 0.15) is 6.04 Å². The van der Waals surface area contributed by atoms with Crippen LogP contribution in [-0.2, 0) is 4.79 Å². The van der Waals surface area contributed by atoms with Crippen molar-refractivity contribution in [3.05, 3.63) is 30.3 Å². The Balaban J connectivity index is 1.72. The first-order chi connectivity index (χ1) is 13.0. The van der Waals surface area contributed by atoms with Crippen molar-refractivity contribution in [1.29, 1.82) is 0 Å². The van der Waals surface area contributed by atoms with Gasteiger partial charge in [-0.05, 0) is 56.3 Å². The van der Waals surface area contributed by atoms with Gasteiger partial charge in [-0.15, -0.1) is 0 Å². The summed E-state index contributed by atoms with van der Waals surface area (Å²) >= 11 is 0. The first kappa shape index (κ1) is 21.2. The topological polar surface area (TPSA) is 73.5 Å².